The molecule has 1 fully saturated rings. The van der Waals surface area contributed by atoms with Gasteiger partial charge in [0.1, 0.15) is 11.6 Å². The number of carbonyl (C=O) groups is 2. The molecule has 0 spiro atoms. The monoisotopic (exact) mass is 254 g/mol. The van der Waals surface area contributed by atoms with Crippen LogP contribution in [-0.2, 0) is 9.59 Å². The van der Waals surface area contributed by atoms with Crippen molar-refractivity contribution < 1.29 is 9.59 Å². The quantitative estimate of drug-likeness (QED) is 0.833. The maximum atomic E-state index is 12.6. The highest BCUT2D eigenvalue weighted by molar-refractivity contribution is 5.99. The molecule has 1 N–H and O–H groups in total. The number of piperazine rings is 1. The lowest BCUT2D eigenvalue weighted by atomic mass is 9.88. The average molecular weight is 254 g/mol. The van der Waals surface area contributed by atoms with E-state index in [1.54, 1.807) is 4.90 Å². The number of hydrogen-bond donors (Lipinski definition) is 1. The van der Waals surface area contributed by atoms with E-state index in [-0.39, 0.29) is 29.8 Å². The molecule has 0 aromatic rings. The second-order valence-electron chi connectivity index (χ2n) is 5.86. The second kappa shape index (κ2) is 5.29. The van der Waals surface area contributed by atoms with E-state index in [0.29, 0.717) is 0 Å². The summed E-state index contributed by atoms with van der Waals surface area (Å²) in [6.45, 7) is 11.7. The molecule has 1 aliphatic heterocycles. The summed E-state index contributed by atoms with van der Waals surface area (Å²) < 4.78 is 0. The highest BCUT2D eigenvalue weighted by atomic mass is 16.2. The molecule has 3 atom stereocenters. The van der Waals surface area contributed by atoms with Crippen LogP contribution in [0, 0.1) is 5.92 Å². The average Bonchev–Trinajstić information content (AvgIpc) is 2.32. The minimum absolute atomic E-state index is 0.0484. The molecular formula is C14H26N2O2. The molecule has 1 rings (SSSR count). The van der Waals surface area contributed by atoms with Gasteiger partial charge in [0.25, 0.3) is 0 Å². The van der Waals surface area contributed by atoms with Gasteiger partial charge in [-0.2, -0.15) is 0 Å². The van der Waals surface area contributed by atoms with Crippen molar-refractivity contribution in [1.29, 1.82) is 0 Å². The molecule has 0 radical (unpaired) electrons. The summed E-state index contributed by atoms with van der Waals surface area (Å²) >= 11 is 0. The molecule has 0 aromatic heterocycles. The van der Waals surface area contributed by atoms with Gasteiger partial charge in [-0.05, 0) is 33.1 Å². The summed E-state index contributed by atoms with van der Waals surface area (Å²) in [6, 6.07) is -0.283. The van der Waals surface area contributed by atoms with Crippen molar-refractivity contribution in [2.45, 2.75) is 72.0 Å². The molecule has 0 aliphatic carbocycles. The topological polar surface area (TPSA) is 49.4 Å². The second-order valence-corrected chi connectivity index (χ2v) is 5.86. The van der Waals surface area contributed by atoms with Crippen molar-refractivity contribution in [3.05, 3.63) is 0 Å². The molecule has 1 aliphatic rings. The predicted octanol–water partition coefficient (Wildman–Crippen LogP) is 1.94. The van der Waals surface area contributed by atoms with Gasteiger partial charge in [-0.25, -0.2) is 0 Å². The summed E-state index contributed by atoms with van der Waals surface area (Å²) in [6.07, 6.45) is 1.74. The standard InChI is InChI=1S/C14H26N2O2/c1-7-9(3)11-12(17)16(10(4)8-2)14(5,6)13(18)15-11/h9-11H,7-8H2,1-6H3,(H,15,18). The molecule has 0 bridgehead atoms. The Morgan fingerprint density at radius 2 is 1.78 bits per heavy atom. The lowest BCUT2D eigenvalue weighted by molar-refractivity contribution is -0.159. The Bertz CT molecular complexity index is 339. The van der Waals surface area contributed by atoms with Crippen molar-refractivity contribution >= 4 is 11.8 Å². The Kier molecular flexibility index (Phi) is 4.41. The molecule has 18 heavy (non-hydrogen) atoms. The highest BCUT2D eigenvalue weighted by Crippen LogP contribution is 2.27. The SMILES string of the molecule is CCC(C)C1NC(=O)C(C)(C)N(C(C)CC)C1=O. The fourth-order valence-corrected chi connectivity index (χ4v) is 2.49. The largest absolute Gasteiger partial charge is 0.342 e. The molecule has 104 valence electrons. The van der Waals surface area contributed by atoms with Crippen molar-refractivity contribution in [3.8, 4) is 0 Å². The van der Waals surface area contributed by atoms with E-state index in [0.717, 1.165) is 12.8 Å². The van der Waals surface area contributed by atoms with Crippen LogP contribution in [0.1, 0.15) is 54.4 Å². The fourth-order valence-electron chi connectivity index (χ4n) is 2.49. The van der Waals surface area contributed by atoms with E-state index in [1.165, 1.54) is 0 Å². The zero-order valence-corrected chi connectivity index (χ0v) is 12.4. The molecular weight excluding hydrogens is 228 g/mol. The molecule has 1 saturated heterocycles. The summed E-state index contributed by atoms with van der Waals surface area (Å²) in [5.74, 6) is 0.181. The summed E-state index contributed by atoms with van der Waals surface area (Å²) in [7, 11) is 0. The lowest BCUT2D eigenvalue weighted by Crippen LogP contribution is -2.71. The number of nitrogens with one attached hydrogen (secondary N) is 1. The van der Waals surface area contributed by atoms with Crippen molar-refractivity contribution in [2.75, 3.05) is 0 Å². The predicted molar refractivity (Wildman–Crippen MR) is 72.1 cm³/mol. The number of rotatable bonds is 4. The van der Waals surface area contributed by atoms with Crippen molar-refractivity contribution in [3.63, 3.8) is 0 Å². The van der Waals surface area contributed by atoms with Crippen molar-refractivity contribution in [2.24, 2.45) is 5.92 Å². The van der Waals surface area contributed by atoms with Crippen LogP contribution in [0.2, 0.25) is 0 Å². The molecule has 4 nitrogen and oxygen atoms in total. The molecule has 1 heterocycles. The first-order valence-corrected chi connectivity index (χ1v) is 6.91. The zero-order valence-electron chi connectivity index (χ0n) is 12.4. The summed E-state index contributed by atoms with van der Waals surface area (Å²) in [4.78, 5) is 26.6. The molecule has 0 aromatic carbocycles. The van der Waals surface area contributed by atoms with Gasteiger partial charge in [-0.3, -0.25) is 9.59 Å². The summed E-state index contributed by atoms with van der Waals surface area (Å²) in [5.41, 5.74) is -0.754. The van der Waals surface area contributed by atoms with Crippen LogP contribution in [0.5, 0.6) is 0 Å². The molecule has 3 unspecified atom stereocenters. The van der Waals surface area contributed by atoms with E-state index >= 15 is 0 Å². The third-order valence-electron chi connectivity index (χ3n) is 4.19. The number of amides is 2. The maximum Gasteiger partial charge on any atom is 0.246 e. The van der Waals surface area contributed by atoms with Crippen LogP contribution in [0.3, 0.4) is 0 Å². The van der Waals surface area contributed by atoms with E-state index in [1.807, 2.05) is 41.5 Å². The summed E-state index contributed by atoms with van der Waals surface area (Å²) in [5, 5.41) is 2.89. The Morgan fingerprint density at radius 3 is 2.22 bits per heavy atom. The van der Waals surface area contributed by atoms with Crippen molar-refractivity contribution in [1.82, 2.24) is 10.2 Å². The van der Waals surface area contributed by atoms with Crippen LogP contribution in [0.15, 0.2) is 0 Å². The van der Waals surface area contributed by atoms with Crippen LogP contribution >= 0.6 is 0 Å². The fraction of sp³-hybridized carbons (Fsp3) is 0.857. The third kappa shape index (κ3) is 2.38. The number of hydrogen-bond acceptors (Lipinski definition) is 2. The first kappa shape index (κ1) is 15.0. The Balaban J connectivity index is 3.09. The molecule has 0 saturated carbocycles. The van der Waals surface area contributed by atoms with Gasteiger partial charge < -0.3 is 10.2 Å². The maximum absolute atomic E-state index is 12.6. The molecule has 4 heteroatoms. The smallest absolute Gasteiger partial charge is 0.246 e. The first-order valence-electron chi connectivity index (χ1n) is 6.91. The van der Waals surface area contributed by atoms with Crippen LogP contribution in [0.25, 0.3) is 0 Å². The Labute approximate surface area is 110 Å². The van der Waals surface area contributed by atoms with Crippen LogP contribution in [0.4, 0.5) is 0 Å². The minimum atomic E-state index is -0.754. The third-order valence-corrected chi connectivity index (χ3v) is 4.19. The van der Waals surface area contributed by atoms with Gasteiger partial charge in [0.05, 0.1) is 0 Å². The normalized spacial score (nSPS) is 26.8. The highest BCUT2D eigenvalue weighted by Gasteiger charge is 2.48. The van der Waals surface area contributed by atoms with Gasteiger partial charge in [0.2, 0.25) is 11.8 Å². The van der Waals surface area contributed by atoms with E-state index in [2.05, 4.69) is 5.32 Å². The van der Waals surface area contributed by atoms with Crippen LogP contribution < -0.4 is 5.32 Å². The lowest BCUT2D eigenvalue weighted by Gasteiger charge is -2.48. The Hall–Kier alpha value is -1.06. The Morgan fingerprint density at radius 1 is 1.22 bits per heavy atom. The first-order chi connectivity index (χ1) is 8.27. The number of nitrogens with zero attached hydrogens (tertiary/aromatic N) is 1. The number of carbonyl (C=O) groups excluding carboxylic acids is 2. The molecule has 2 amide bonds. The zero-order chi connectivity index (χ0) is 14.1. The van der Waals surface area contributed by atoms with Crippen LogP contribution in [-0.4, -0.2) is 34.3 Å². The van der Waals surface area contributed by atoms with E-state index in [4.69, 9.17) is 0 Å². The van der Waals surface area contributed by atoms with Gasteiger partial charge in [-0.1, -0.05) is 27.2 Å². The minimum Gasteiger partial charge on any atom is -0.342 e. The van der Waals surface area contributed by atoms with E-state index < -0.39 is 5.54 Å². The van der Waals surface area contributed by atoms with E-state index in [9.17, 15) is 9.59 Å². The van der Waals surface area contributed by atoms with Gasteiger partial charge in [0, 0.05) is 6.04 Å². The van der Waals surface area contributed by atoms with Gasteiger partial charge >= 0.3 is 0 Å². The van der Waals surface area contributed by atoms with Gasteiger partial charge in [0.15, 0.2) is 0 Å². The van der Waals surface area contributed by atoms with Gasteiger partial charge in [-0.15, -0.1) is 0 Å².